The molecule has 2 saturated heterocycles. The van der Waals surface area contributed by atoms with Crippen LogP contribution < -0.4 is 21.3 Å². The van der Waals surface area contributed by atoms with E-state index < -0.39 is 12.2 Å². The van der Waals surface area contributed by atoms with E-state index in [1.807, 2.05) is 30.0 Å². The second kappa shape index (κ2) is 21.5. The summed E-state index contributed by atoms with van der Waals surface area (Å²) >= 11 is 1.90. The smallest absolute Gasteiger partial charge is 0.315 e. The third-order valence-corrected chi connectivity index (χ3v) is 10.8. The van der Waals surface area contributed by atoms with Crippen LogP contribution in [0.3, 0.4) is 0 Å². The van der Waals surface area contributed by atoms with Gasteiger partial charge in [0.25, 0.3) is 0 Å². The van der Waals surface area contributed by atoms with E-state index in [2.05, 4.69) is 28.2 Å². The second-order valence-corrected chi connectivity index (χ2v) is 14.4. The van der Waals surface area contributed by atoms with Gasteiger partial charge in [-0.25, -0.2) is 4.79 Å². The molecule has 0 bridgehead atoms. The van der Waals surface area contributed by atoms with E-state index >= 15 is 0 Å². The molecule has 0 radical (unpaired) electrons. The van der Waals surface area contributed by atoms with Crippen molar-refractivity contribution in [3.8, 4) is 0 Å². The molecule has 6 N–H and O–H groups in total. The largest absolute Gasteiger partial charge is 0.392 e. The zero-order chi connectivity index (χ0) is 33.1. The highest BCUT2D eigenvalue weighted by atomic mass is 32.2. The van der Waals surface area contributed by atoms with Crippen molar-refractivity contribution in [2.24, 2.45) is 11.8 Å². The Kier molecular flexibility index (Phi) is 17.8. The van der Waals surface area contributed by atoms with E-state index in [4.69, 9.17) is 0 Å². The van der Waals surface area contributed by atoms with Gasteiger partial charge >= 0.3 is 6.03 Å². The highest BCUT2D eigenvalue weighted by Gasteiger charge is 2.42. The van der Waals surface area contributed by atoms with Crippen LogP contribution in [0.5, 0.6) is 0 Å². The number of urea groups is 1. The number of aliphatic hydroxyl groups is 2. The first-order chi connectivity index (χ1) is 22.3. The molecule has 46 heavy (non-hydrogen) atoms. The molecular formula is C35H58N4O6S. The van der Waals surface area contributed by atoms with Crippen LogP contribution in [0, 0.1) is 11.8 Å². The Hall–Kier alpha value is -2.37. The minimum atomic E-state index is -0.694. The van der Waals surface area contributed by atoms with Crippen LogP contribution in [0.1, 0.15) is 110 Å². The Morgan fingerprint density at radius 2 is 1.70 bits per heavy atom. The lowest BCUT2D eigenvalue weighted by Crippen LogP contribution is -2.36. The molecule has 7 atom stereocenters. The van der Waals surface area contributed by atoms with Gasteiger partial charge in [-0.3, -0.25) is 14.4 Å². The number of nitrogens with one attached hydrogen (secondary N) is 4. The van der Waals surface area contributed by atoms with Gasteiger partial charge in [-0.15, -0.1) is 0 Å². The quantitative estimate of drug-likeness (QED) is 0.0541. The average molecular weight is 663 g/mol. The first-order valence-corrected chi connectivity index (χ1v) is 18.8. The fourth-order valence-electron chi connectivity index (χ4n) is 6.56. The number of ketones is 1. The first-order valence-electron chi connectivity index (χ1n) is 17.7. The number of carbonyl (C=O) groups is 4. The van der Waals surface area contributed by atoms with E-state index in [1.165, 1.54) is 0 Å². The number of Topliss-reactive ketones (excluding diaryl/α,β-unsaturated/α-hetero) is 1. The monoisotopic (exact) mass is 662 g/mol. The fraction of sp³-hybridized carbons (Fsp3) is 0.771. The summed E-state index contributed by atoms with van der Waals surface area (Å²) in [6.07, 6.45) is 18.9. The maximum absolute atomic E-state index is 12.4. The number of aliphatic hydroxyl groups excluding tert-OH is 2. The molecule has 0 aromatic rings. The third-order valence-electron chi connectivity index (χ3n) is 9.30. The lowest BCUT2D eigenvalue weighted by atomic mass is 9.90. The van der Waals surface area contributed by atoms with Gasteiger partial charge in [0.05, 0.1) is 24.3 Å². The van der Waals surface area contributed by atoms with Gasteiger partial charge in [0.2, 0.25) is 11.8 Å². The molecule has 6 unspecified atom stereocenters. The number of hydrogen-bond donors (Lipinski definition) is 6. The molecule has 0 aromatic carbocycles. The van der Waals surface area contributed by atoms with Crippen molar-refractivity contribution in [2.75, 3.05) is 18.8 Å². The fourth-order valence-corrected chi connectivity index (χ4v) is 8.10. The molecule has 1 saturated carbocycles. The molecule has 11 heteroatoms. The standard InChI is InChI=1S/C35H58N4O6S/c1-2-3-7-14-25(40)19-20-27-26(29(41)23-30(27)42)15-8-4-5-9-17-32(43)36-21-12-6-13-22-37-33(44)18-11-10-16-31-34-28(24-46-31)38-35(45)39-34/h4,8,19-20,25-28,30-31,34,40,42H,2-3,5-7,9-18,21-24H2,1H3,(H,36,43)(H,37,44)(H2,38,39,45)/t25?,26?,27-,28?,30?,31?,34?/m1/s1. The van der Waals surface area contributed by atoms with Crippen LogP contribution in [0.15, 0.2) is 24.3 Å². The zero-order valence-electron chi connectivity index (χ0n) is 27.7. The van der Waals surface area contributed by atoms with Crippen molar-refractivity contribution in [2.45, 2.75) is 139 Å². The SMILES string of the molecule is CCCCCC(O)C=C[C@H]1C(O)CC(=O)C1CC=CCCCC(=O)NCCCCCNC(=O)CCCCC1SCC2NC(=O)NC21. The van der Waals surface area contributed by atoms with Crippen molar-refractivity contribution in [3.63, 3.8) is 0 Å². The van der Waals surface area contributed by atoms with Gasteiger partial charge in [0.1, 0.15) is 5.78 Å². The van der Waals surface area contributed by atoms with Gasteiger partial charge < -0.3 is 31.5 Å². The summed E-state index contributed by atoms with van der Waals surface area (Å²) in [5.41, 5.74) is 0. The zero-order valence-corrected chi connectivity index (χ0v) is 28.5. The van der Waals surface area contributed by atoms with Crippen molar-refractivity contribution in [1.82, 2.24) is 21.3 Å². The van der Waals surface area contributed by atoms with Crippen molar-refractivity contribution in [1.29, 1.82) is 0 Å². The molecule has 0 aromatic heterocycles. The van der Waals surface area contributed by atoms with E-state index in [9.17, 15) is 29.4 Å². The Balaban J connectivity index is 1.13. The molecule has 3 aliphatic rings. The molecule has 10 nitrogen and oxygen atoms in total. The van der Waals surface area contributed by atoms with Crippen LogP contribution in [-0.4, -0.2) is 82.2 Å². The van der Waals surface area contributed by atoms with E-state index in [-0.39, 0.29) is 54.0 Å². The summed E-state index contributed by atoms with van der Waals surface area (Å²) in [6, 6.07) is 0.407. The highest BCUT2D eigenvalue weighted by molar-refractivity contribution is 8.00. The van der Waals surface area contributed by atoms with Crippen LogP contribution in [-0.2, 0) is 14.4 Å². The predicted octanol–water partition coefficient (Wildman–Crippen LogP) is 4.30. The Morgan fingerprint density at radius 3 is 2.43 bits per heavy atom. The second-order valence-electron chi connectivity index (χ2n) is 13.1. The topological polar surface area (TPSA) is 157 Å². The van der Waals surface area contributed by atoms with Gasteiger partial charge in [0, 0.05) is 55.2 Å². The Bertz CT molecular complexity index is 1020. The molecule has 4 amide bonds. The number of thioether (sulfide) groups is 1. The minimum absolute atomic E-state index is 0.0385. The molecule has 3 fully saturated rings. The lowest BCUT2D eigenvalue weighted by molar-refractivity contribution is -0.122. The summed E-state index contributed by atoms with van der Waals surface area (Å²) in [5.74, 6) is 0.628. The van der Waals surface area contributed by atoms with Gasteiger partial charge in [-0.05, 0) is 57.8 Å². The number of allylic oxidation sites excluding steroid dienone is 2. The summed E-state index contributed by atoms with van der Waals surface area (Å²) in [7, 11) is 0. The summed E-state index contributed by atoms with van der Waals surface area (Å²) in [5, 5.41) is 32.9. The maximum atomic E-state index is 12.4. The number of hydrogen-bond acceptors (Lipinski definition) is 7. The van der Waals surface area contributed by atoms with E-state index in [1.54, 1.807) is 6.08 Å². The highest BCUT2D eigenvalue weighted by Crippen LogP contribution is 2.34. The molecule has 2 heterocycles. The van der Waals surface area contributed by atoms with Crippen LogP contribution >= 0.6 is 11.8 Å². The van der Waals surface area contributed by atoms with E-state index in [0.717, 1.165) is 76.4 Å². The first kappa shape index (κ1) is 38.1. The van der Waals surface area contributed by atoms with Gasteiger partial charge in [-0.1, -0.05) is 56.9 Å². The number of unbranched alkanes of at least 4 members (excludes halogenated alkanes) is 6. The lowest BCUT2D eigenvalue weighted by Gasteiger charge is -2.16. The normalized spacial score (nSPS) is 26.4. The Morgan fingerprint density at radius 1 is 0.957 bits per heavy atom. The van der Waals surface area contributed by atoms with Gasteiger partial charge in [-0.2, -0.15) is 11.8 Å². The number of amides is 4. The molecule has 3 rings (SSSR count). The van der Waals surface area contributed by atoms with Crippen LogP contribution in [0.4, 0.5) is 4.79 Å². The Labute approximate surface area is 279 Å². The molecular weight excluding hydrogens is 604 g/mol. The van der Waals surface area contributed by atoms with Crippen molar-refractivity contribution < 1.29 is 29.4 Å². The molecule has 2 aliphatic heterocycles. The molecule has 0 spiro atoms. The molecule has 1 aliphatic carbocycles. The summed E-state index contributed by atoms with van der Waals surface area (Å²) in [4.78, 5) is 48.2. The maximum Gasteiger partial charge on any atom is 0.315 e. The number of rotatable bonds is 23. The van der Waals surface area contributed by atoms with Crippen LogP contribution in [0.2, 0.25) is 0 Å². The van der Waals surface area contributed by atoms with E-state index in [0.29, 0.717) is 44.0 Å². The number of carbonyl (C=O) groups excluding carboxylic acids is 4. The predicted molar refractivity (Wildman–Crippen MR) is 183 cm³/mol. The van der Waals surface area contributed by atoms with Crippen molar-refractivity contribution >= 4 is 35.4 Å². The van der Waals surface area contributed by atoms with Gasteiger partial charge in [0.15, 0.2) is 0 Å². The summed E-state index contributed by atoms with van der Waals surface area (Å²) in [6.45, 7) is 3.41. The molecule has 260 valence electrons. The van der Waals surface area contributed by atoms with Crippen LogP contribution in [0.25, 0.3) is 0 Å². The minimum Gasteiger partial charge on any atom is -0.392 e. The summed E-state index contributed by atoms with van der Waals surface area (Å²) < 4.78 is 0. The number of fused-ring (bicyclic) bond motifs is 1. The van der Waals surface area contributed by atoms with Crippen molar-refractivity contribution in [3.05, 3.63) is 24.3 Å². The third kappa shape index (κ3) is 13.8. The average Bonchev–Trinajstić information content (AvgIpc) is 3.66.